The summed E-state index contributed by atoms with van der Waals surface area (Å²) in [6.07, 6.45) is 2.14. The van der Waals surface area contributed by atoms with E-state index in [0.717, 1.165) is 31.5 Å². The van der Waals surface area contributed by atoms with Crippen LogP contribution in [0.4, 0.5) is 11.7 Å². The lowest BCUT2D eigenvalue weighted by atomic mass is 10.0. The summed E-state index contributed by atoms with van der Waals surface area (Å²) >= 11 is 0. The zero-order valence-electron chi connectivity index (χ0n) is 18.0. The van der Waals surface area contributed by atoms with Crippen LogP contribution in [0, 0.1) is 0 Å². The first-order chi connectivity index (χ1) is 15.6. The van der Waals surface area contributed by atoms with Gasteiger partial charge in [-0.2, -0.15) is 4.98 Å². The molecule has 1 amide bonds. The molecule has 0 spiro atoms. The minimum Gasteiger partial charge on any atom is -0.423 e. The Morgan fingerprint density at radius 2 is 1.88 bits per heavy atom. The second-order valence-electron chi connectivity index (χ2n) is 8.06. The van der Waals surface area contributed by atoms with Crippen molar-refractivity contribution < 1.29 is 13.6 Å². The topological polar surface area (TPSA) is 101 Å². The third-order valence-electron chi connectivity index (χ3n) is 5.81. The molecular formula is C23H24N6O3. The number of carbonyl (C=O) groups excluding carboxylic acids is 1. The number of oxazole rings is 1. The number of piperidine rings is 1. The molecule has 0 atom stereocenters. The smallest absolute Gasteiger partial charge is 0.313 e. The van der Waals surface area contributed by atoms with Crippen LogP contribution in [0.5, 0.6) is 0 Å². The predicted octanol–water partition coefficient (Wildman–Crippen LogP) is 3.66. The van der Waals surface area contributed by atoms with E-state index in [1.807, 2.05) is 37.4 Å². The van der Waals surface area contributed by atoms with Crippen LogP contribution in [-0.4, -0.2) is 59.2 Å². The lowest BCUT2D eigenvalue weighted by Crippen LogP contribution is -2.42. The van der Waals surface area contributed by atoms with Crippen molar-refractivity contribution in [1.29, 1.82) is 0 Å². The monoisotopic (exact) mass is 432 g/mol. The van der Waals surface area contributed by atoms with E-state index in [4.69, 9.17) is 8.83 Å². The highest BCUT2D eigenvalue weighted by Gasteiger charge is 2.24. The number of carbonyl (C=O) groups is 1. The number of likely N-dealkylation sites (tertiary alicyclic amines) is 1. The molecule has 3 heterocycles. The molecule has 1 saturated heterocycles. The van der Waals surface area contributed by atoms with Crippen LogP contribution in [-0.2, 0) is 0 Å². The van der Waals surface area contributed by atoms with Crippen molar-refractivity contribution in [2.75, 3.05) is 37.4 Å². The fraction of sp³-hybridized carbons (Fsp3) is 0.304. The van der Waals surface area contributed by atoms with Crippen LogP contribution in [0.2, 0.25) is 0 Å². The minimum absolute atomic E-state index is 0.105. The molecule has 0 unspecified atom stereocenters. The highest BCUT2D eigenvalue weighted by atomic mass is 16.4. The van der Waals surface area contributed by atoms with Gasteiger partial charge in [0.25, 0.3) is 6.01 Å². The van der Waals surface area contributed by atoms with Crippen LogP contribution >= 0.6 is 0 Å². The van der Waals surface area contributed by atoms with Crippen molar-refractivity contribution >= 4 is 28.7 Å². The van der Waals surface area contributed by atoms with E-state index < -0.39 is 5.91 Å². The number of aromatic nitrogens is 3. The van der Waals surface area contributed by atoms with Gasteiger partial charge in [0, 0.05) is 24.3 Å². The number of fused-ring (bicyclic) bond motifs is 1. The van der Waals surface area contributed by atoms with Gasteiger partial charge in [-0.05, 0) is 63.3 Å². The van der Waals surface area contributed by atoms with Crippen LogP contribution < -0.4 is 10.2 Å². The van der Waals surface area contributed by atoms with Gasteiger partial charge in [-0.3, -0.25) is 4.79 Å². The summed E-state index contributed by atoms with van der Waals surface area (Å²) in [6.45, 7) is 2.13. The molecule has 5 rings (SSSR count). The quantitative estimate of drug-likeness (QED) is 0.510. The second-order valence-corrected chi connectivity index (χ2v) is 8.06. The third-order valence-corrected chi connectivity index (χ3v) is 5.81. The molecule has 4 aromatic rings. The van der Waals surface area contributed by atoms with Crippen LogP contribution in [0.3, 0.4) is 0 Å². The van der Waals surface area contributed by atoms with Crippen molar-refractivity contribution in [3.05, 3.63) is 54.4 Å². The van der Waals surface area contributed by atoms with E-state index in [2.05, 4.69) is 37.3 Å². The number of rotatable bonds is 5. The average molecular weight is 432 g/mol. The van der Waals surface area contributed by atoms with Gasteiger partial charge < -0.3 is 24.0 Å². The maximum atomic E-state index is 12.6. The Morgan fingerprint density at radius 1 is 1.09 bits per heavy atom. The number of hydrogen-bond donors (Lipinski definition) is 1. The molecule has 1 N–H and O–H groups in total. The molecule has 1 fully saturated rings. The molecule has 1 aliphatic heterocycles. The van der Waals surface area contributed by atoms with E-state index in [0.29, 0.717) is 34.7 Å². The molecule has 0 aliphatic carbocycles. The molecular weight excluding hydrogens is 408 g/mol. The highest BCUT2D eigenvalue weighted by Crippen LogP contribution is 2.27. The van der Waals surface area contributed by atoms with Crippen molar-refractivity contribution in [2.24, 2.45) is 0 Å². The van der Waals surface area contributed by atoms with Gasteiger partial charge >= 0.3 is 11.8 Å². The van der Waals surface area contributed by atoms with Crippen LogP contribution in [0.25, 0.3) is 22.6 Å². The van der Waals surface area contributed by atoms with Gasteiger partial charge in [0.15, 0.2) is 5.58 Å². The molecule has 0 radical (unpaired) electrons. The number of nitrogens with one attached hydrogen (secondary N) is 1. The maximum Gasteiger partial charge on any atom is 0.313 e. The Labute approximate surface area is 185 Å². The zero-order chi connectivity index (χ0) is 22.1. The van der Waals surface area contributed by atoms with Crippen molar-refractivity contribution in [1.82, 2.24) is 20.1 Å². The lowest BCUT2D eigenvalue weighted by Gasteiger charge is -2.34. The van der Waals surface area contributed by atoms with Crippen molar-refractivity contribution in [3.63, 3.8) is 0 Å². The van der Waals surface area contributed by atoms with Crippen LogP contribution in [0.1, 0.15) is 23.5 Å². The summed E-state index contributed by atoms with van der Waals surface area (Å²) in [5.74, 6) is -0.290. The number of nitrogens with zero attached hydrogens (tertiary/aromatic N) is 5. The molecule has 0 bridgehead atoms. The van der Waals surface area contributed by atoms with E-state index in [9.17, 15) is 4.79 Å². The molecule has 9 heteroatoms. The summed E-state index contributed by atoms with van der Waals surface area (Å²) in [6, 6.07) is 15.6. The Balaban J connectivity index is 1.30. The zero-order valence-corrected chi connectivity index (χ0v) is 18.0. The number of amides is 1. The molecule has 9 nitrogen and oxygen atoms in total. The Hall–Kier alpha value is -3.72. The van der Waals surface area contributed by atoms with E-state index in [-0.39, 0.29) is 5.89 Å². The first-order valence-electron chi connectivity index (χ1n) is 10.6. The Bertz CT molecular complexity index is 1230. The second kappa shape index (κ2) is 8.43. The highest BCUT2D eigenvalue weighted by molar-refractivity contribution is 6.01. The Kier molecular flexibility index (Phi) is 5.32. The van der Waals surface area contributed by atoms with Gasteiger partial charge in [0.2, 0.25) is 5.89 Å². The van der Waals surface area contributed by atoms with E-state index in [1.165, 1.54) is 0 Å². The number of hydrogen-bond acceptors (Lipinski definition) is 8. The standard InChI is InChI=1S/C23H24N6O3/c1-28-12-10-17(11-13-28)29(2)23-25-18-14-16(8-9-19(18)31-23)24-20(30)22-27-26-21(32-22)15-6-4-3-5-7-15/h3-9,14,17H,10-13H2,1-2H3,(H,24,30). The normalized spacial score (nSPS) is 15.2. The first kappa shape index (κ1) is 20.2. The average Bonchev–Trinajstić information content (AvgIpc) is 3.47. The molecule has 32 heavy (non-hydrogen) atoms. The fourth-order valence-corrected chi connectivity index (χ4v) is 3.88. The van der Waals surface area contributed by atoms with E-state index in [1.54, 1.807) is 18.2 Å². The predicted molar refractivity (Wildman–Crippen MR) is 121 cm³/mol. The summed E-state index contributed by atoms with van der Waals surface area (Å²) in [5, 5.41) is 10.6. The summed E-state index contributed by atoms with van der Waals surface area (Å²) in [5.41, 5.74) is 2.67. The number of anilines is 2. The van der Waals surface area contributed by atoms with Gasteiger partial charge in [-0.25, -0.2) is 0 Å². The SMILES string of the molecule is CN1CCC(N(C)c2nc3cc(NC(=O)c4nnc(-c5ccccc5)o4)ccc3o2)CC1. The lowest BCUT2D eigenvalue weighted by molar-refractivity contribution is 0.0991. The maximum absolute atomic E-state index is 12.6. The molecule has 0 saturated carbocycles. The molecule has 1 aliphatic rings. The Morgan fingerprint density at radius 3 is 2.66 bits per heavy atom. The van der Waals surface area contributed by atoms with Gasteiger partial charge in [0.05, 0.1) is 0 Å². The third kappa shape index (κ3) is 4.06. The first-order valence-corrected chi connectivity index (χ1v) is 10.6. The molecule has 2 aromatic heterocycles. The largest absolute Gasteiger partial charge is 0.423 e. The van der Waals surface area contributed by atoms with Crippen LogP contribution in [0.15, 0.2) is 57.4 Å². The van der Waals surface area contributed by atoms with Gasteiger partial charge in [0.1, 0.15) is 5.52 Å². The van der Waals surface area contributed by atoms with Crippen molar-refractivity contribution in [3.8, 4) is 11.5 Å². The summed E-state index contributed by atoms with van der Waals surface area (Å²) in [4.78, 5) is 21.6. The fourth-order valence-electron chi connectivity index (χ4n) is 3.88. The van der Waals surface area contributed by atoms with Crippen molar-refractivity contribution in [2.45, 2.75) is 18.9 Å². The summed E-state index contributed by atoms with van der Waals surface area (Å²) < 4.78 is 11.5. The summed E-state index contributed by atoms with van der Waals surface area (Å²) in [7, 11) is 4.16. The van der Waals surface area contributed by atoms with Gasteiger partial charge in [-0.15, -0.1) is 10.2 Å². The van der Waals surface area contributed by atoms with E-state index >= 15 is 0 Å². The molecule has 164 valence electrons. The van der Waals surface area contributed by atoms with Gasteiger partial charge in [-0.1, -0.05) is 18.2 Å². The minimum atomic E-state index is -0.480. The molecule has 2 aromatic carbocycles. The number of benzene rings is 2.